The predicted octanol–water partition coefficient (Wildman–Crippen LogP) is 3.71. The van der Waals surface area contributed by atoms with E-state index in [-0.39, 0.29) is 31.0 Å². The summed E-state index contributed by atoms with van der Waals surface area (Å²) in [5, 5.41) is 3.55. The van der Waals surface area contributed by atoms with Gasteiger partial charge in [0.15, 0.2) is 6.29 Å². The second kappa shape index (κ2) is 13.3. The van der Waals surface area contributed by atoms with Crippen LogP contribution in [0.2, 0.25) is 5.02 Å². The fraction of sp³-hybridized carbons (Fsp3) is 0.500. The summed E-state index contributed by atoms with van der Waals surface area (Å²) in [6.45, 7) is 8.50. The number of hydrogen-bond acceptors (Lipinski definition) is 8. The molecule has 1 unspecified atom stereocenters. The summed E-state index contributed by atoms with van der Waals surface area (Å²) in [7, 11) is 1.29. The van der Waals surface area contributed by atoms with Crippen molar-refractivity contribution in [3.8, 4) is 0 Å². The number of methoxy groups -OCH3 is 1. The van der Waals surface area contributed by atoms with Crippen molar-refractivity contribution in [2.45, 2.75) is 39.9 Å². The van der Waals surface area contributed by atoms with E-state index < -0.39 is 24.1 Å². The number of rotatable bonds is 12. The molecule has 8 nitrogen and oxygen atoms in total. The molecule has 1 aromatic rings. The largest absolute Gasteiger partial charge is 0.466 e. The second-order valence-corrected chi connectivity index (χ2v) is 7.49. The van der Waals surface area contributed by atoms with E-state index in [2.05, 4.69) is 5.32 Å². The molecular weight excluding hydrogens is 450 g/mol. The number of ether oxygens (including phenoxy) is 5. The van der Waals surface area contributed by atoms with E-state index in [0.29, 0.717) is 35.2 Å². The maximum atomic E-state index is 13.1. The van der Waals surface area contributed by atoms with Crippen LogP contribution in [0.5, 0.6) is 0 Å². The smallest absolute Gasteiger partial charge is 0.336 e. The maximum Gasteiger partial charge on any atom is 0.336 e. The van der Waals surface area contributed by atoms with Gasteiger partial charge in [0.1, 0.15) is 0 Å². The van der Waals surface area contributed by atoms with Crippen LogP contribution in [0.15, 0.2) is 46.8 Å². The average Bonchev–Trinajstić information content (AvgIpc) is 2.79. The molecule has 1 aromatic carbocycles. The highest BCUT2D eigenvalue weighted by atomic mass is 35.5. The van der Waals surface area contributed by atoms with E-state index in [1.807, 2.05) is 13.8 Å². The molecular formula is C24H32ClNO7. The van der Waals surface area contributed by atoms with Crippen LogP contribution in [-0.4, -0.2) is 58.4 Å². The Balaban J connectivity index is 2.51. The number of carbonyl (C=O) groups is 2. The fourth-order valence-corrected chi connectivity index (χ4v) is 3.88. The van der Waals surface area contributed by atoms with E-state index in [9.17, 15) is 9.59 Å². The molecule has 0 amide bonds. The van der Waals surface area contributed by atoms with Crippen molar-refractivity contribution in [1.29, 1.82) is 0 Å². The van der Waals surface area contributed by atoms with Gasteiger partial charge in [0.25, 0.3) is 0 Å². The van der Waals surface area contributed by atoms with E-state index in [4.69, 9.17) is 35.3 Å². The summed E-state index contributed by atoms with van der Waals surface area (Å²) in [6.07, 6.45) is -0.531. The summed E-state index contributed by atoms with van der Waals surface area (Å²) in [5.41, 5.74) is 2.10. The number of allylic oxidation sites excluding steroid dienone is 1. The van der Waals surface area contributed by atoms with Crippen molar-refractivity contribution < 1.29 is 33.3 Å². The summed E-state index contributed by atoms with van der Waals surface area (Å²) in [6, 6.07) is 7.05. The molecule has 0 radical (unpaired) electrons. The van der Waals surface area contributed by atoms with E-state index in [1.54, 1.807) is 38.1 Å². The molecule has 1 atom stereocenters. The number of benzene rings is 1. The Labute approximate surface area is 199 Å². The van der Waals surface area contributed by atoms with Crippen LogP contribution in [0.4, 0.5) is 0 Å². The van der Waals surface area contributed by atoms with Crippen LogP contribution < -0.4 is 5.32 Å². The predicted molar refractivity (Wildman–Crippen MR) is 124 cm³/mol. The first-order valence-corrected chi connectivity index (χ1v) is 11.3. The van der Waals surface area contributed by atoms with Gasteiger partial charge in [-0.15, -0.1) is 0 Å². The number of dihydropyridines is 1. The number of halogens is 1. The minimum absolute atomic E-state index is 0.0392. The first-order chi connectivity index (χ1) is 15.9. The first-order valence-electron chi connectivity index (χ1n) is 10.9. The van der Waals surface area contributed by atoms with Crippen LogP contribution in [0.25, 0.3) is 0 Å². The highest BCUT2D eigenvalue weighted by molar-refractivity contribution is 6.31. The quantitative estimate of drug-likeness (QED) is 0.357. The van der Waals surface area contributed by atoms with Crippen LogP contribution in [0.1, 0.15) is 39.2 Å². The standard InChI is InChI=1S/C24H32ClNO7/c1-6-31-19(32-7-2)14-30-13-18-22(24(28)33-8-3)21(16-11-9-10-12-17(16)25)20(15(4)26-18)23(27)29-5/h9-12,19,21,26H,6-8,13-14H2,1-5H3. The highest BCUT2D eigenvalue weighted by Crippen LogP contribution is 2.41. The Bertz CT molecular complexity index is 891. The van der Waals surface area contributed by atoms with Gasteiger partial charge < -0.3 is 29.0 Å². The molecule has 33 heavy (non-hydrogen) atoms. The van der Waals surface area contributed by atoms with E-state index >= 15 is 0 Å². The van der Waals surface area contributed by atoms with Crippen molar-refractivity contribution in [3.05, 3.63) is 57.4 Å². The lowest BCUT2D eigenvalue weighted by Crippen LogP contribution is -2.35. The molecule has 2 rings (SSSR count). The first kappa shape index (κ1) is 26.9. The lowest BCUT2D eigenvalue weighted by atomic mass is 9.80. The van der Waals surface area contributed by atoms with Gasteiger partial charge in [0, 0.05) is 23.9 Å². The molecule has 0 fully saturated rings. The molecule has 0 spiro atoms. The van der Waals surface area contributed by atoms with E-state index in [0.717, 1.165) is 0 Å². The zero-order valence-corrected chi connectivity index (χ0v) is 20.5. The van der Waals surface area contributed by atoms with Crippen molar-refractivity contribution in [1.82, 2.24) is 5.32 Å². The lowest BCUT2D eigenvalue weighted by Gasteiger charge is -2.32. The van der Waals surface area contributed by atoms with Crippen LogP contribution in [-0.2, 0) is 33.3 Å². The van der Waals surface area contributed by atoms with Crippen LogP contribution >= 0.6 is 11.6 Å². The molecule has 1 N–H and O–H groups in total. The molecule has 1 aliphatic rings. The zero-order valence-electron chi connectivity index (χ0n) is 19.7. The average molecular weight is 482 g/mol. The Morgan fingerprint density at radius 1 is 1.03 bits per heavy atom. The van der Waals surface area contributed by atoms with Gasteiger partial charge in [0.2, 0.25) is 0 Å². The molecule has 0 saturated carbocycles. The van der Waals surface area contributed by atoms with Crippen molar-refractivity contribution in [3.63, 3.8) is 0 Å². The molecule has 9 heteroatoms. The van der Waals surface area contributed by atoms with Crippen LogP contribution in [0, 0.1) is 0 Å². The van der Waals surface area contributed by atoms with Gasteiger partial charge in [-0.25, -0.2) is 9.59 Å². The molecule has 0 aromatic heterocycles. The van der Waals surface area contributed by atoms with Crippen molar-refractivity contribution in [2.24, 2.45) is 0 Å². The van der Waals surface area contributed by atoms with Crippen molar-refractivity contribution >= 4 is 23.5 Å². The second-order valence-electron chi connectivity index (χ2n) is 7.08. The monoisotopic (exact) mass is 481 g/mol. The molecule has 1 heterocycles. The Kier molecular flexibility index (Phi) is 10.9. The summed E-state index contributed by atoms with van der Waals surface area (Å²) >= 11 is 6.49. The fourth-order valence-electron chi connectivity index (χ4n) is 3.63. The Morgan fingerprint density at radius 3 is 2.27 bits per heavy atom. The van der Waals surface area contributed by atoms with E-state index in [1.165, 1.54) is 7.11 Å². The van der Waals surface area contributed by atoms with Crippen molar-refractivity contribution in [2.75, 3.05) is 40.1 Å². The third-order valence-corrected chi connectivity index (χ3v) is 5.31. The Morgan fingerprint density at radius 2 is 1.70 bits per heavy atom. The van der Waals surface area contributed by atoms with Gasteiger partial charge in [-0.1, -0.05) is 29.8 Å². The molecule has 0 aliphatic carbocycles. The normalized spacial score (nSPS) is 16.2. The summed E-state index contributed by atoms with van der Waals surface area (Å²) in [4.78, 5) is 25.9. The number of hydrogen-bond donors (Lipinski definition) is 1. The highest BCUT2D eigenvalue weighted by Gasteiger charge is 2.39. The van der Waals surface area contributed by atoms with Gasteiger partial charge in [0.05, 0.1) is 49.7 Å². The topological polar surface area (TPSA) is 92.3 Å². The minimum atomic E-state index is -0.792. The van der Waals surface area contributed by atoms with Crippen LogP contribution in [0.3, 0.4) is 0 Å². The van der Waals surface area contributed by atoms with Gasteiger partial charge >= 0.3 is 11.9 Å². The molecule has 182 valence electrons. The maximum absolute atomic E-state index is 13.1. The SMILES string of the molecule is CCOC(=O)C1=C(COCC(OCC)OCC)NC(C)=C(C(=O)OC)C1c1ccccc1Cl. The molecule has 1 aliphatic heterocycles. The summed E-state index contributed by atoms with van der Waals surface area (Å²) in [5.74, 6) is -1.94. The number of esters is 2. The lowest BCUT2D eigenvalue weighted by molar-refractivity contribution is -0.165. The van der Waals surface area contributed by atoms with Gasteiger partial charge in [-0.2, -0.15) is 0 Å². The zero-order chi connectivity index (χ0) is 24.4. The number of carbonyl (C=O) groups excluding carboxylic acids is 2. The van der Waals surface area contributed by atoms with Gasteiger partial charge in [-0.05, 0) is 39.3 Å². The van der Waals surface area contributed by atoms with Gasteiger partial charge in [-0.3, -0.25) is 0 Å². The third-order valence-electron chi connectivity index (χ3n) is 4.97. The number of nitrogens with one attached hydrogen (secondary N) is 1. The molecule has 0 bridgehead atoms. The molecule has 0 saturated heterocycles. The third kappa shape index (κ3) is 6.80. The Hall–Kier alpha value is -2.39. The summed E-state index contributed by atoms with van der Waals surface area (Å²) < 4.78 is 27.2. The minimum Gasteiger partial charge on any atom is -0.466 e.